The summed E-state index contributed by atoms with van der Waals surface area (Å²) in [7, 11) is 0. The lowest BCUT2D eigenvalue weighted by Gasteiger charge is -2.22. The summed E-state index contributed by atoms with van der Waals surface area (Å²) in [5.41, 5.74) is 4.41. The first kappa shape index (κ1) is 17.2. The average molecular weight is 395 g/mol. The van der Waals surface area contributed by atoms with Crippen molar-refractivity contribution in [3.8, 4) is 6.07 Å². The number of halogens is 1. The molecule has 1 N–H and O–H groups in total. The summed E-state index contributed by atoms with van der Waals surface area (Å²) < 4.78 is 1.02. The Morgan fingerprint density at radius 3 is 2.64 bits per heavy atom. The Hall–Kier alpha value is -2.58. The van der Waals surface area contributed by atoms with Crippen LogP contribution in [-0.2, 0) is 0 Å². The van der Waals surface area contributed by atoms with Crippen LogP contribution in [0.3, 0.4) is 0 Å². The van der Waals surface area contributed by atoms with E-state index in [0.717, 1.165) is 39.8 Å². The molecule has 1 aromatic heterocycles. The molecule has 0 bridgehead atoms. The summed E-state index contributed by atoms with van der Waals surface area (Å²) in [6.07, 6.45) is 1.86. The van der Waals surface area contributed by atoms with Crippen LogP contribution in [0.4, 0.5) is 5.69 Å². The van der Waals surface area contributed by atoms with Crippen molar-refractivity contribution in [3.05, 3.63) is 58.3 Å². The van der Waals surface area contributed by atoms with Crippen molar-refractivity contribution in [1.29, 1.82) is 5.26 Å². The summed E-state index contributed by atoms with van der Waals surface area (Å²) in [4.78, 5) is 10.00. The number of nitrogens with one attached hydrogen (secondary N) is 1. The first-order chi connectivity index (χ1) is 12.2. The van der Waals surface area contributed by atoms with E-state index >= 15 is 0 Å². The van der Waals surface area contributed by atoms with E-state index in [9.17, 15) is 5.26 Å². The Kier molecular flexibility index (Phi) is 5.20. The molecule has 0 fully saturated rings. The van der Waals surface area contributed by atoms with Crippen molar-refractivity contribution in [2.45, 2.75) is 13.8 Å². The number of nitrogens with zero attached hydrogens (tertiary/aromatic N) is 3. The summed E-state index contributed by atoms with van der Waals surface area (Å²) in [6.45, 7) is 6.18. The van der Waals surface area contributed by atoms with Gasteiger partial charge in [0.2, 0.25) is 0 Å². The number of imidazole rings is 1. The van der Waals surface area contributed by atoms with Crippen LogP contribution in [0.15, 0.2) is 46.9 Å². The number of hydrogen-bond donors (Lipinski definition) is 1. The van der Waals surface area contributed by atoms with Crippen LogP contribution in [0.1, 0.15) is 25.2 Å². The van der Waals surface area contributed by atoms with Crippen LogP contribution in [0, 0.1) is 11.3 Å². The number of aromatic amines is 1. The van der Waals surface area contributed by atoms with Crippen LogP contribution >= 0.6 is 15.9 Å². The molecule has 3 rings (SSSR count). The smallest absolute Gasteiger partial charge is 0.149 e. The zero-order chi connectivity index (χ0) is 17.8. The van der Waals surface area contributed by atoms with Gasteiger partial charge in [-0.15, -0.1) is 0 Å². The monoisotopic (exact) mass is 394 g/mol. The van der Waals surface area contributed by atoms with Crippen molar-refractivity contribution >= 4 is 44.3 Å². The van der Waals surface area contributed by atoms with Gasteiger partial charge in [0.15, 0.2) is 0 Å². The molecule has 0 aliphatic heterocycles. The largest absolute Gasteiger partial charge is 0.371 e. The Balaban J connectivity index is 1.97. The second-order valence-corrected chi connectivity index (χ2v) is 6.51. The molecule has 0 saturated carbocycles. The molecule has 0 spiro atoms. The first-order valence-corrected chi connectivity index (χ1v) is 9.07. The second kappa shape index (κ2) is 7.54. The summed E-state index contributed by atoms with van der Waals surface area (Å²) in [6, 6.07) is 16.2. The molecule has 0 unspecified atom stereocenters. The molecule has 5 heteroatoms. The predicted molar refractivity (Wildman–Crippen MR) is 107 cm³/mol. The van der Waals surface area contributed by atoms with E-state index in [4.69, 9.17) is 0 Å². The van der Waals surface area contributed by atoms with E-state index in [1.807, 2.05) is 42.5 Å². The molecule has 0 aliphatic carbocycles. The SMILES string of the molecule is CCN(CC)c1ccc(C=C(C#N)c2nc3ccccc3[nH]2)cc1Br. The van der Waals surface area contributed by atoms with Crippen LogP contribution < -0.4 is 4.90 Å². The lowest BCUT2D eigenvalue weighted by Crippen LogP contribution is -2.22. The fraction of sp³-hybridized carbons (Fsp3) is 0.200. The first-order valence-electron chi connectivity index (χ1n) is 8.27. The van der Waals surface area contributed by atoms with Crippen molar-refractivity contribution in [2.75, 3.05) is 18.0 Å². The van der Waals surface area contributed by atoms with Gasteiger partial charge in [-0.2, -0.15) is 5.26 Å². The normalized spacial score (nSPS) is 11.5. The highest BCUT2D eigenvalue weighted by Crippen LogP contribution is 2.29. The van der Waals surface area contributed by atoms with Crippen LogP contribution in [0.2, 0.25) is 0 Å². The van der Waals surface area contributed by atoms with Crippen molar-refractivity contribution in [3.63, 3.8) is 0 Å². The van der Waals surface area contributed by atoms with Gasteiger partial charge in [-0.3, -0.25) is 0 Å². The lowest BCUT2D eigenvalue weighted by molar-refractivity contribution is 0.864. The van der Waals surface area contributed by atoms with Crippen LogP contribution in [0.25, 0.3) is 22.7 Å². The zero-order valence-electron chi connectivity index (χ0n) is 14.3. The minimum atomic E-state index is 0.513. The molecule has 2 aromatic carbocycles. The summed E-state index contributed by atoms with van der Waals surface area (Å²) in [5.74, 6) is 0.590. The van der Waals surface area contributed by atoms with Gasteiger partial charge >= 0.3 is 0 Å². The number of benzene rings is 2. The molecule has 0 saturated heterocycles. The van der Waals surface area contributed by atoms with E-state index in [1.54, 1.807) is 0 Å². The maximum atomic E-state index is 9.56. The van der Waals surface area contributed by atoms with Gasteiger partial charge in [0.25, 0.3) is 0 Å². The van der Waals surface area contributed by atoms with Crippen molar-refractivity contribution < 1.29 is 0 Å². The van der Waals surface area contributed by atoms with E-state index in [0.29, 0.717) is 11.4 Å². The molecule has 4 nitrogen and oxygen atoms in total. The standard InChI is InChI=1S/C20H19BrN4/c1-3-25(4-2)19-10-9-14(12-16(19)21)11-15(13-22)20-23-17-7-5-6-8-18(17)24-20/h5-12H,3-4H2,1-2H3,(H,23,24). The molecule has 0 amide bonds. The number of rotatable bonds is 5. The Morgan fingerprint density at radius 1 is 1.24 bits per heavy atom. The Bertz CT molecular complexity index is 928. The van der Waals surface area contributed by atoms with Crippen LogP contribution in [0.5, 0.6) is 0 Å². The molecule has 0 aliphatic rings. The van der Waals surface area contributed by atoms with E-state index in [2.05, 4.69) is 56.8 Å². The maximum absolute atomic E-state index is 9.56. The molecular weight excluding hydrogens is 376 g/mol. The summed E-state index contributed by atoms with van der Waals surface area (Å²) in [5, 5.41) is 9.56. The fourth-order valence-corrected chi connectivity index (χ4v) is 3.48. The Morgan fingerprint density at radius 2 is 2.00 bits per heavy atom. The predicted octanol–water partition coefficient (Wildman–Crippen LogP) is 5.24. The van der Waals surface area contributed by atoms with Gasteiger partial charge in [-0.25, -0.2) is 4.98 Å². The number of nitriles is 1. The number of hydrogen-bond acceptors (Lipinski definition) is 3. The van der Waals surface area contributed by atoms with Gasteiger partial charge in [-0.1, -0.05) is 18.2 Å². The maximum Gasteiger partial charge on any atom is 0.149 e. The Labute approximate surface area is 155 Å². The van der Waals surface area contributed by atoms with Gasteiger partial charge in [0.1, 0.15) is 11.9 Å². The number of para-hydroxylation sites is 2. The number of aromatic nitrogens is 2. The van der Waals surface area contributed by atoms with Crippen molar-refractivity contribution in [2.24, 2.45) is 0 Å². The molecule has 126 valence electrons. The van der Waals surface area contributed by atoms with E-state index in [-0.39, 0.29) is 0 Å². The topological polar surface area (TPSA) is 55.7 Å². The van der Waals surface area contributed by atoms with E-state index < -0.39 is 0 Å². The lowest BCUT2D eigenvalue weighted by atomic mass is 10.1. The number of fused-ring (bicyclic) bond motifs is 1. The average Bonchev–Trinajstić information content (AvgIpc) is 3.06. The molecule has 3 aromatic rings. The minimum absolute atomic E-state index is 0.513. The molecule has 0 radical (unpaired) electrons. The zero-order valence-corrected chi connectivity index (χ0v) is 15.8. The van der Waals surface area contributed by atoms with Gasteiger partial charge in [0, 0.05) is 17.6 Å². The third-order valence-electron chi connectivity index (χ3n) is 4.15. The van der Waals surface area contributed by atoms with E-state index in [1.165, 1.54) is 0 Å². The quantitative estimate of drug-likeness (QED) is 0.602. The summed E-state index contributed by atoms with van der Waals surface area (Å²) >= 11 is 3.65. The molecule has 0 atom stereocenters. The minimum Gasteiger partial charge on any atom is -0.371 e. The number of allylic oxidation sites excluding steroid dienone is 1. The fourth-order valence-electron chi connectivity index (χ4n) is 2.83. The van der Waals surface area contributed by atoms with Gasteiger partial charge in [-0.05, 0) is 65.7 Å². The highest BCUT2D eigenvalue weighted by Gasteiger charge is 2.10. The molecule has 25 heavy (non-hydrogen) atoms. The third kappa shape index (κ3) is 3.59. The molecule has 1 heterocycles. The van der Waals surface area contributed by atoms with Crippen LogP contribution in [-0.4, -0.2) is 23.1 Å². The third-order valence-corrected chi connectivity index (χ3v) is 4.79. The molecular formula is C20H19BrN4. The highest BCUT2D eigenvalue weighted by molar-refractivity contribution is 9.10. The number of anilines is 1. The highest BCUT2D eigenvalue weighted by atomic mass is 79.9. The van der Waals surface area contributed by atoms with Gasteiger partial charge < -0.3 is 9.88 Å². The second-order valence-electron chi connectivity index (χ2n) is 5.66. The van der Waals surface area contributed by atoms with Gasteiger partial charge in [0.05, 0.1) is 22.3 Å². The number of H-pyrrole nitrogens is 1. The van der Waals surface area contributed by atoms with Crippen molar-refractivity contribution in [1.82, 2.24) is 9.97 Å².